The number of likely N-dealkylation sites (tertiary alicyclic amines) is 1. The minimum absolute atomic E-state index is 0.228. The molecule has 0 N–H and O–H groups in total. The van der Waals surface area contributed by atoms with E-state index >= 15 is 0 Å². The molecule has 0 aromatic carbocycles. The molecule has 0 radical (unpaired) electrons. The van der Waals surface area contributed by atoms with Crippen LogP contribution >= 0.6 is 0 Å². The molecule has 4 rings (SSSR count). The number of amides is 1. The van der Waals surface area contributed by atoms with E-state index in [1.165, 1.54) is 0 Å². The number of nitrogens with zero attached hydrogens (tertiary/aromatic N) is 4. The van der Waals surface area contributed by atoms with Crippen LogP contribution in [0.3, 0.4) is 0 Å². The third-order valence-electron chi connectivity index (χ3n) is 6.10. The molecule has 1 spiro atoms. The highest BCUT2D eigenvalue weighted by Crippen LogP contribution is 2.42. The van der Waals surface area contributed by atoms with Gasteiger partial charge in [-0.2, -0.15) is 0 Å². The Morgan fingerprint density at radius 1 is 1.20 bits per heavy atom. The third-order valence-corrected chi connectivity index (χ3v) is 6.10. The van der Waals surface area contributed by atoms with Gasteiger partial charge in [-0.1, -0.05) is 0 Å². The highest BCUT2D eigenvalue weighted by Gasteiger charge is 2.50. The lowest BCUT2D eigenvalue weighted by atomic mass is 9.77. The Morgan fingerprint density at radius 3 is 2.80 bits per heavy atom. The molecule has 1 aromatic rings. The van der Waals surface area contributed by atoms with E-state index in [-0.39, 0.29) is 5.41 Å². The molecule has 3 aliphatic rings. The van der Waals surface area contributed by atoms with Crippen molar-refractivity contribution < 1.29 is 9.53 Å². The quantitative estimate of drug-likeness (QED) is 0.822. The summed E-state index contributed by atoms with van der Waals surface area (Å²) in [5.41, 5.74) is 1.65. The highest BCUT2D eigenvalue weighted by atomic mass is 16.5. The molecule has 0 unspecified atom stereocenters. The van der Waals surface area contributed by atoms with Crippen molar-refractivity contribution in [3.8, 4) is 0 Å². The van der Waals surface area contributed by atoms with Crippen LogP contribution in [0.15, 0.2) is 6.20 Å². The lowest BCUT2D eigenvalue weighted by molar-refractivity contribution is -0.149. The molecule has 0 aliphatic carbocycles. The van der Waals surface area contributed by atoms with Gasteiger partial charge in [-0.3, -0.25) is 9.78 Å². The largest absolute Gasteiger partial charge is 0.381 e. The number of piperidine rings is 1. The van der Waals surface area contributed by atoms with Gasteiger partial charge in [-0.15, -0.1) is 0 Å². The molecule has 1 atom stereocenters. The summed E-state index contributed by atoms with van der Waals surface area (Å²) < 4.78 is 5.48. The highest BCUT2D eigenvalue weighted by molar-refractivity contribution is 5.85. The van der Waals surface area contributed by atoms with Crippen molar-refractivity contribution >= 4 is 11.7 Å². The number of hydrogen-bond acceptors (Lipinski definition) is 5. The van der Waals surface area contributed by atoms with Crippen molar-refractivity contribution in [2.45, 2.75) is 52.0 Å². The van der Waals surface area contributed by atoms with Gasteiger partial charge in [0.15, 0.2) is 0 Å². The summed E-state index contributed by atoms with van der Waals surface area (Å²) in [5, 5.41) is 0. The lowest BCUT2D eigenvalue weighted by Crippen LogP contribution is -2.54. The summed E-state index contributed by atoms with van der Waals surface area (Å²) in [7, 11) is 0. The summed E-state index contributed by atoms with van der Waals surface area (Å²) in [6, 6.07) is 0.368. The van der Waals surface area contributed by atoms with Crippen molar-refractivity contribution in [3.63, 3.8) is 0 Å². The zero-order chi connectivity index (χ0) is 17.4. The predicted octanol–water partition coefficient (Wildman–Crippen LogP) is 2.09. The van der Waals surface area contributed by atoms with Crippen LogP contribution in [0.25, 0.3) is 0 Å². The van der Waals surface area contributed by atoms with Gasteiger partial charge in [0.25, 0.3) is 0 Å². The van der Waals surface area contributed by atoms with Gasteiger partial charge in [-0.25, -0.2) is 4.98 Å². The van der Waals surface area contributed by atoms with E-state index < -0.39 is 0 Å². The number of carbonyl (C=O) groups excluding carboxylic acids is 1. The number of aromatic nitrogens is 2. The van der Waals surface area contributed by atoms with Gasteiger partial charge < -0.3 is 14.5 Å². The van der Waals surface area contributed by atoms with Gasteiger partial charge in [0.05, 0.1) is 16.8 Å². The van der Waals surface area contributed by atoms with E-state index in [1.54, 1.807) is 0 Å². The molecule has 3 saturated heterocycles. The Labute approximate surface area is 149 Å². The molecule has 3 fully saturated rings. The first kappa shape index (κ1) is 16.8. The fraction of sp³-hybridized carbons (Fsp3) is 0.737. The minimum Gasteiger partial charge on any atom is -0.381 e. The molecule has 136 valence electrons. The van der Waals surface area contributed by atoms with Crippen molar-refractivity contribution in [1.29, 1.82) is 0 Å². The monoisotopic (exact) mass is 344 g/mol. The van der Waals surface area contributed by atoms with E-state index in [1.807, 2.05) is 20.0 Å². The smallest absolute Gasteiger partial charge is 0.230 e. The molecule has 6 heteroatoms. The number of ether oxygens (including phenoxy) is 1. The maximum Gasteiger partial charge on any atom is 0.230 e. The average molecular weight is 344 g/mol. The summed E-state index contributed by atoms with van der Waals surface area (Å²) in [6.45, 7) is 8.13. The second kappa shape index (κ2) is 6.56. The van der Waals surface area contributed by atoms with Crippen LogP contribution in [0.5, 0.6) is 0 Å². The minimum atomic E-state index is -0.228. The lowest BCUT2D eigenvalue weighted by Gasteiger charge is -2.44. The molecule has 1 amide bonds. The normalized spacial score (nSPS) is 28.2. The molecule has 0 saturated carbocycles. The zero-order valence-corrected chi connectivity index (χ0v) is 15.3. The molecular formula is C19H28N4O2. The number of rotatable bonds is 2. The predicted molar refractivity (Wildman–Crippen MR) is 95.6 cm³/mol. The maximum atomic E-state index is 13.4. The van der Waals surface area contributed by atoms with Crippen molar-refractivity contribution in [2.75, 3.05) is 37.7 Å². The van der Waals surface area contributed by atoms with E-state index in [0.29, 0.717) is 11.9 Å². The van der Waals surface area contributed by atoms with Gasteiger partial charge in [0.2, 0.25) is 5.91 Å². The van der Waals surface area contributed by atoms with Gasteiger partial charge in [0.1, 0.15) is 5.82 Å². The van der Waals surface area contributed by atoms with Crippen molar-refractivity contribution in [3.05, 3.63) is 17.6 Å². The Balaban J connectivity index is 1.54. The number of carbonyl (C=O) groups is 1. The van der Waals surface area contributed by atoms with Crippen LogP contribution in [0.1, 0.15) is 43.5 Å². The van der Waals surface area contributed by atoms with Crippen LogP contribution < -0.4 is 4.90 Å². The van der Waals surface area contributed by atoms with Crippen LogP contribution in [0, 0.1) is 19.3 Å². The summed E-state index contributed by atoms with van der Waals surface area (Å²) >= 11 is 0. The Bertz CT molecular complexity index is 659. The SMILES string of the molecule is Cc1cnc(C)c(N2CC[C@@]3(CCCN(C4CCOCC4)C3=O)C2)n1. The fourth-order valence-electron chi connectivity index (χ4n) is 4.70. The molecule has 0 bridgehead atoms. The Morgan fingerprint density at radius 2 is 2.00 bits per heavy atom. The van der Waals surface area contributed by atoms with Gasteiger partial charge in [-0.05, 0) is 46.0 Å². The molecule has 1 aromatic heterocycles. The average Bonchev–Trinajstić information content (AvgIpc) is 3.05. The van der Waals surface area contributed by atoms with Gasteiger partial charge >= 0.3 is 0 Å². The van der Waals surface area contributed by atoms with Crippen LogP contribution in [0.4, 0.5) is 5.82 Å². The molecular weight excluding hydrogens is 316 g/mol. The second-order valence-electron chi connectivity index (χ2n) is 7.82. The maximum absolute atomic E-state index is 13.4. The van der Waals surface area contributed by atoms with E-state index in [0.717, 1.165) is 82.2 Å². The van der Waals surface area contributed by atoms with Crippen LogP contribution in [-0.4, -0.2) is 59.7 Å². The standard InChI is InChI=1S/C19H28N4O2/c1-14-12-20-15(2)17(21-14)22-9-7-19(13-22)6-3-8-23(18(19)24)16-4-10-25-11-5-16/h12,16H,3-11,13H2,1-2H3/t19-/m0/s1. The van der Waals surface area contributed by atoms with E-state index in [9.17, 15) is 4.79 Å². The first-order valence-corrected chi connectivity index (χ1v) is 9.53. The van der Waals surface area contributed by atoms with E-state index in [4.69, 9.17) is 4.74 Å². The summed E-state index contributed by atoms with van der Waals surface area (Å²) in [4.78, 5) is 27.0. The number of anilines is 1. The molecule has 25 heavy (non-hydrogen) atoms. The Kier molecular flexibility index (Phi) is 4.40. The first-order valence-electron chi connectivity index (χ1n) is 9.53. The zero-order valence-electron chi connectivity index (χ0n) is 15.3. The fourth-order valence-corrected chi connectivity index (χ4v) is 4.70. The molecule has 3 aliphatic heterocycles. The van der Waals surface area contributed by atoms with Crippen LogP contribution in [-0.2, 0) is 9.53 Å². The van der Waals surface area contributed by atoms with Gasteiger partial charge in [0, 0.05) is 45.1 Å². The van der Waals surface area contributed by atoms with Crippen LogP contribution in [0.2, 0.25) is 0 Å². The topological polar surface area (TPSA) is 58.6 Å². The van der Waals surface area contributed by atoms with E-state index in [2.05, 4.69) is 19.8 Å². The summed E-state index contributed by atoms with van der Waals surface area (Å²) in [6.07, 6.45) is 6.81. The van der Waals surface area contributed by atoms with Crippen molar-refractivity contribution in [1.82, 2.24) is 14.9 Å². The third kappa shape index (κ3) is 3.01. The molecule has 6 nitrogen and oxygen atoms in total. The summed E-state index contributed by atoms with van der Waals surface area (Å²) in [5.74, 6) is 1.32. The molecule has 4 heterocycles. The van der Waals surface area contributed by atoms with Crippen molar-refractivity contribution in [2.24, 2.45) is 5.41 Å². The second-order valence-corrected chi connectivity index (χ2v) is 7.82. The number of aryl methyl sites for hydroxylation is 2. The number of hydrogen-bond donors (Lipinski definition) is 0. The first-order chi connectivity index (χ1) is 12.1. The Hall–Kier alpha value is -1.69.